The summed E-state index contributed by atoms with van der Waals surface area (Å²) in [5.41, 5.74) is 0.645. The number of nitrogens with zero attached hydrogens (tertiary/aromatic N) is 1. The lowest BCUT2D eigenvalue weighted by atomic mass is 10.1. The Labute approximate surface area is 179 Å². The minimum atomic E-state index is -4.02. The van der Waals surface area contributed by atoms with Gasteiger partial charge in [0.1, 0.15) is 16.4 Å². The van der Waals surface area contributed by atoms with Crippen LogP contribution in [0.5, 0.6) is 11.5 Å². The number of carbonyl (C=O) groups is 1. The lowest BCUT2D eigenvalue weighted by Gasteiger charge is -2.30. The van der Waals surface area contributed by atoms with Crippen molar-refractivity contribution in [2.24, 2.45) is 5.92 Å². The van der Waals surface area contributed by atoms with E-state index in [-0.39, 0.29) is 35.1 Å². The zero-order valence-electron chi connectivity index (χ0n) is 18.3. The van der Waals surface area contributed by atoms with Crippen molar-refractivity contribution in [1.29, 1.82) is 0 Å². The summed E-state index contributed by atoms with van der Waals surface area (Å²) in [5.74, 6) is 1.07. The van der Waals surface area contributed by atoms with E-state index < -0.39 is 10.1 Å². The maximum Gasteiger partial charge on any atom is 0.339 e. The van der Waals surface area contributed by atoms with E-state index in [1.165, 1.54) is 19.2 Å². The summed E-state index contributed by atoms with van der Waals surface area (Å²) in [4.78, 5) is 14.6. The number of hydrogen-bond acceptors (Lipinski definition) is 5. The number of amides is 1. The minimum absolute atomic E-state index is 0.0301. The van der Waals surface area contributed by atoms with Crippen molar-refractivity contribution in [1.82, 2.24) is 4.90 Å². The van der Waals surface area contributed by atoms with Crippen molar-refractivity contribution in [2.75, 3.05) is 7.11 Å². The van der Waals surface area contributed by atoms with Gasteiger partial charge < -0.3 is 13.8 Å². The monoisotopic (exact) mass is 433 g/mol. The summed E-state index contributed by atoms with van der Waals surface area (Å²) in [7, 11) is -2.51. The summed E-state index contributed by atoms with van der Waals surface area (Å²) in [6.07, 6.45) is 1.24. The highest BCUT2D eigenvalue weighted by molar-refractivity contribution is 7.87. The van der Waals surface area contributed by atoms with Crippen LogP contribution in [0.4, 0.5) is 0 Å². The first-order valence-electron chi connectivity index (χ1n) is 10.1. The SMILES string of the molecule is CC[C@H](C)N(Cc1ccccc1OS(=O)(=O)c1ccc(OC)cc1)C(=O)CC(C)C. The van der Waals surface area contributed by atoms with Crippen molar-refractivity contribution in [3.05, 3.63) is 54.1 Å². The Bertz CT molecular complexity index is 938. The van der Waals surface area contributed by atoms with Crippen LogP contribution >= 0.6 is 0 Å². The van der Waals surface area contributed by atoms with Crippen LogP contribution in [0, 0.1) is 5.92 Å². The first kappa shape index (κ1) is 23.7. The van der Waals surface area contributed by atoms with Crippen molar-refractivity contribution in [2.45, 2.75) is 58.0 Å². The Morgan fingerprint density at radius 3 is 2.23 bits per heavy atom. The molecule has 2 aromatic rings. The first-order valence-corrected chi connectivity index (χ1v) is 11.5. The van der Waals surface area contributed by atoms with Crippen LogP contribution in [0.25, 0.3) is 0 Å². The fourth-order valence-electron chi connectivity index (χ4n) is 2.98. The van der Waals surface area contributed by atoms with Gasteiger partial charge >= 0.3 is 10.1 Å². The highest BCUT2D eigenvalue weighted by Gasteiger charge is 2.23. The van der Waals surface area contributed by atoms with E-state index in [4.69, 9.17) is 8.92 Å². The highest BCUT2D eigenvalue weighted by atomic mass is 32.2. The average molecular weight is 434 g/mol. The zero-order valence-corrected chi connectivity index (χ0v) is 19.1. The zero-order chi connectivity index (χ0) is 22.3. The smallest absolute Gasteiger partial charge is 0.339 e. The molecule has 0 saturated heterocycles. The van der Waals surface area contributed by atoms with Gasteiger partial charge in [-0.25, -0.2) is 0 Å². The number of hydrogen-bond donors (Lipinski definition) is 0. The Hall–Kier alpha value is -2.54. The number of carbonyl (C=O) groups excluding carboxylic acids is 1. The van der Waals surface area contributed by atoms with Gasteiger partial charge in [0.2, 0.25) is 5.91 Å². The maximum atomic E-state index is 12.8. The van der Waals surface area contributed by atoms with Crippen molar-refractivity contribution >= 4 is 16.0 Å². The van der Waals surface area contributed by atoms with Gasteiger partial charge in [0, 0.05) is 24.6 Å². The standard InChI is InChI=1S/C23H31NO5S/c1-6-18(4)24(23(25)15-17(2)3)16-19-9-7-8-10-22(19)29-30(26,27)21-13-11-20(28-5)12-14-21/h7-14,17-18H,6,15-16H2,1-5H3/t18-/m0/s1. The van der Waals surface area contributed by atoms with Crippen LogP contribution in [0.3, 0.4) is 0 Å². The largest absolute Gasteiger partial charge is 0.497 e. The molecule has 7 heteroatoms. The van der Waals surface area contributed by atoms with Crippen LogP contribution < -0.4 is 8.92 Å². The number of methoxy groups -OCH3 is 1. The molecular formula is C23H31NO5S. The molecule has 1 atom stereocenters. The molecule has 0 spiro atoms. The van der Waals surface area contributed by atoms with Crippen molar-refractivity contribution in [3.63, 3.8) is 0 Å². The van der Waals surface area contributed by atoms with Crippen molar-refractivity contribution in [3.8, 4) is 11.5 Å². The molecule has 0 fully saturated rings. The molecule has 0 unspecified atom stereocenters. The van der Waals surface area contributed by atoms with E-state index in [0.717, 1.165) is 6.42 Å². The number of benzene rings is 2. The van der Waals surface area contributed by atoms with Gasteiger partial charge in [-0.15, -0.1) is 0 Å². The Morgan fingerprint density at radius 1 is 1.03 bits per heavy atom. The Morgan fingerprint density at radius 2 is 1.67 bits per heavy atom. The molecular weight excluding hydrogens is 402 g/mol. The topological polar surface area (TPSA) is 72.9 Å². The fraction of sp³-hybridized carbons (Fsp3) is 0.435. The molecule has 0 aromatic heterocycles. The van der Waals surface area contributed by atoms with E-state index in [9.17, 15) is 13.2 Å². The molecule has 0 N–H and O–H groups in total. The molecule has 2 aromatic carbocycles. The van der Waals surface area contributed by atoms with Gasteiger partial charge in [-0.2, -0.15) is 8.42 Å². The number of para-hydroxylation sites is 1. The molecule has 1 amide bonds. The van der Waals surface area contributed by atoms with Gasteiger partial charge in [0.15, 0.2) is 0 Å². The van der Waals surface area contributed by atoms with E-state index in [1.54, 1.807) is 35.2 Å². The molecule has 0 aliphatic rings. The summed E-state index contributed by atoms with van der Waals surface area (Å²) in [5, 5.41) is 0. The van der Waals surface area contributed by atoms with Crippen LogP contribution in [0.2, 0.25) is 0 Å². The second kappa shape index (κ2) is 10.5. The molecule has 0 aliphatic heterocycles. The third-order valence-corrected chi connectivity index (χ3v) is 6.14. The molecule has 164 valence electrons. The molecule has 0 radical (unpaired) electrons. The highest BCUT2D eigenvalue weighted by Crippen LogP contribution is 2.26. The molecule has 2 rings (SSSR count). The molecule has 0 aliphatic carbocycles. The summed E-state index contributed by atoms with van der Waals surface area (Å²) < 4.78 is 36.1. The quantitative estimate of drug-likeness (QED) is 0.511. The summed E-state index contributed by atoms with van der Waals surface area (Å²) in [6.45, 7) is 8.32. The van der Waals surface area contributed by atoms with Gasteiger partial charge in [-0.05, 0) is 49.6 Å². The number of rotatable bonds is 10. The lowest BCUT2D eigenvalue weighted by Crippen LogP contribution is -2.38. The van der Waals surface area contributed by atoms with Crippen LogP contribution in [0.1, 0.15) is 46.1 Å². The summed E-state index contributed by atoms with van der Waals surface area (Å²) in [6, 6.07) is 13.0. The first-order chi connectivity index (χ1) is 14.2. The third-order valence-electron chi connectivity index (χ3n) is 4.89. The normalized spacial score (nSPS) is 12.5. The second-order valence-electron chi connectivity index (χ2n) is 7.70. The van der Waals surface area contributed by atoms with Gasteiger partial charge in [-0.1, -0.05) is 39.0 Å². The Balaban J connectivity index is 2.30. The van der Waals surface area contributed by atoms with E-state index >= 15 is 0 Å². The molecule has 0 heterocycles. The van der Waals surface area contributed by atoms with Crippen LogP contribution in [-0.2, 0) is 21.5 Å². The third kappa shape index (κ3) is 6.23. The predicted molar refractivity (Wildman–Crippen MR) is 117 cm³/mol. The van der Waals surface area contributed by atoms with Gasteiger partial charge in [0.25, 0.3) is 0 Å². The van der Waals surface area contributed by atoms with Crippen LogP contribution in [0.15, 0.2) is 53.4 Å². The second-order valence-corrected chi connectivity index (χ2v) is 9.24. The van der Waals surface area contributed by atoms with Crippen LogP contribution in [-0.4, -0.2) is 32.4 Å². The average Bonchev–Trinajstić information content (AvgIpc) is 2.71. The maximum absolute atomic E-state index is 12.8. The van der Waals surface area contributed by atoms with Gasteiger partial charge in [-0.3, -0.25) is 4.79 Å². The molecule has 0 saturated carbocycles. The van der Waals surface area contributed by atoms with E-state index in [1.807, 2.05) is 33.8 Å². The molecule has 0 bridgehead atoms. The number of ether oxygens (including phenoxy) is 1. The van der Waals surface area contributed by atoms with Gasteiger partial charge in [0.05, 0.1) is 7.11 Å². The van der Waals surface area contributed by atoms with E-state index in [0.29, 0.717) is 17.7 Å². The Kier molecular flexibility index (Phi) is 8.29. The summed E-state index contributed by atoms with van der Waals surface area (Å²) >= 11 is 0. The molecule has 30 heavy (non-hydrogen) atoms. The van der Waals surface area contributed by atoms with E-state index in [2.05, 4.69) is 0 Å². The van der Waals surface area contributed by atoms with Crippen molar-refractivity contribution < 1.29 is 22.1 Å². The molecule has 6 nitrogen and oxygen atoms in total. The fourth-order valence-corrected chi connectivity index (χ4v) is 3.95. The lowest BCUT2D eigenvalue weighted by molar-refractivity contribution is -0.134. The predicted octanol–water partition coefficient (Wildman–Crippen LogP) is 4.64. The minimum Gasteiger partial charge on any atom is -0.497 e.